The van der Waals surface area contributed by atoms with Gasteiger partial charge in [0.1, 0.15) is 5.82 Å². The van der Waals surface area contributed by atoms with Crippen molar-refractivity contribution in [1.82, 2.24) is 20.1 Å². The van der Waals surface area contributed by atoms with Crippen molar-refractivity contribution >= 4 is 39.4 Å². The molecule has 0 bridgehead atoms. The van der Waals surface area contributed by atoms with Crippen molar-refractivity contribution < 1.29 is 9.18 Å². The predicted octanol–water partition coefficient (Wildman–Crippen LogP) is 6.65. The van der Waals surface area contributed by atoms with E-state index in [9.17, 15) is 9.18 Å². The van der Waals surface area contributed by atoms with E-state index in [2.05, 4.69) is 36.8 Å². The molecule has 174 valence electrons. The molecule has 1 aromatic heterocycles. The van der Waals surface area contributed by atoms with Gasteiger partial charge in [0.2, 0.25) is 0 Å². The maximum Gasteiger partial charge on any atom is 0.319 e. The van der Waals surface area contributed by atoms with Crippen LogP contribution in [-0.2, 0) is 5.75 Å². The summed E-state index contributed by atoms with van der Waals surface area (Å²) in [6.07, 6.45) is 0. The first-order chi connectivity index (χ1) is 16.4. The number of thioether (sulfide) groups is 1. The number of nitrogens with zero attached hydrogens (tertiary/aromatic N) is 3. The minimum Gasteiger partial charge on any atom is -0.328 e. The Morgan fingerprint density at radius 1 is 1.09 bits per heavy atom. The fourth-order valence-electron chi connectivity index (χ4n) is 3.31. The van der Waals surface area contributed by atoms with Crippen LogP contribution in [0.1, 0.15) is 29.9 Å². The van der Waals surface area contributed by atoms with Crippen molar-refractivity contribution in [1.29, 1.82) is 0 Å². The van der Waals surface area contributed by atoms with Gasteiger partial charge in [-0.15, -0.1) is 10.2 Å². The maximum absolute atomic E-state index is 13.2. The summed E-state index contributed by atoms with van der Waals surface area (Å²) in [5.74, 6) is 0.949. The number of aromatic nitrogens is 3. The molecule has 2 N–H and O–H groups in total. The Balaban J connectivity index is 1.56. The zero-order valence-corrected chi connectivity index (χ0v) is 21.0. The Labute approximate surface area is 210 Å². The molecule has 0 radical (unpaired) electrons. The molecule has 2 amide bonds. The monoisotopic (exact) mass is 539 g/mol. The summed E-state index contributed by atoms with van der Waals surface area (Å²) in [6, 6.07) is 21.1. The Morgan fingerprint density at radius 2 is 1.82 bits per heavy atom. The molecule has 1 heterocycles. The lowest BCUT2D eigenvalue weighted by atomic mass is 10.2. The van der Waals surface area contributed by atoms with E-state index in [1.54, 1.807) is 12.1 Å². The van der Waals surface area contributed by atoms with Crippen LogP contribution in [0.3, 0.4) is 0 Å². The van der Waals surface area contributed by atoms with Crippen molar-refractivity contribution in [3.63, 3.8) is 0 Å². The molecular formula is C25H23BrFN5OS. The third-order valence-electron chi connectivity index (χ3n) is 5.05. The third kappa shape index (κ3) is 6.03. The highest BCUT2D eigenvalue weighted by molar-refractivity contribution is 9.10. The molecule has 4 rings (SSSR count). The standard InChI is InChI=1S/C25H23BrFN5OS/c1-16-6-12-22(13-7-16)32-23(17(2)28-24(33)29-21-5-3-4-19(26)14-21)30-31-25(32)34-15-18-8-10-20(27)11-9-18/h3-14,17H,15H2,1-2H3,(H2,28,29,33). The number of aryl methyl sites for hydroxylation is 1. The van der Waals surface area contributed by atoms with Crippen LogP contribution >= 0.6 is 27.7 Å². The zero-order valence-electron chi connectivity index (χ0n) is 18.6. The number of carbonyl (C=O) groups is 1. The average molecular weight is 540 g/mol. The molecule has 0 aliphatic rings. The Morgan fingerprint density at radius 3 is 2.53 bits per heavy atom. The molecular weight excluding hydrogens is 517 g/mol. The lowest BCUT2D eigenvalue weighted by Gasteiger charge is -2.17. The fourth-order valence-corrected chi connectivity index (χ4v) is 4.63. The largest absolute Gasteiger partial charge is 0.328 e. The summed E-state index contributed by atoms with van der Waals surface area (Å²) >= 11 is 4.90. The molecule has 0 aliphatic heterocycles. The van der Waals surface area contributed by atoms with Crippen LogP contribution in [0.15, 0.2) is 82.4 Å². The van der Waals surface area contributed by atoms with Crippen LogP contribution in [0.5, 0.6) is 0 Å². The molecule has 4 aromatic rings. The highest BCUT2D eigenvalue weighted by atomic mass is 79.9. The van der Waals surface area contributed by atoms with Gasteiger partial charge in [0.15, 0.2) is 11.0 Å². The summed E-state index contributed by atoms with van der Waals surface area (Å²) in [7, 11) is 0. The number of nitrogens with one attached hydrogen (secondary N) is 2. The van der Waals surface area contributed by atoms with Crippen LogP contribution < -0.4 is 10.6 Å². The first-order valence-electron chi connectivity index (χ1n) is 10.6. The molecule has 0 saturated carbocycles. The van der Waals surface area contributed by atoms with Gasteiger partial charge in [0.25, 0.3) is 0 Å². The quantitative estimate of drug-likeness (QED) is 0.258. The molecule has 3 aromatic carbocycles. The number of anilines is 1. The Kier molecular flexibility index (Phi) is 7.64. The number of hydrogen-bond donors (Lipinski definition) is 2. The van der Waals surface area contributed by atoms with Gasteiger partial charge in [-0.3, -0.25) is 4.57 Å². The number of benzene rings is 3. The topological polar surface area (TPSA) is 71.8 Å². The number of hydrogen-bond acceptors (Lipinski definition) is 4. The number of urea groups is 1. The zero-order chi connectivity index (χ0) is 24.1. The minimum absolute atomic E-state index is 0.264. The average Bonchev–Trinajstić information content (AvgIpc) is 3.23. The summed E-state index contributed by atoms with van der Waals surface area (Å²) in [5, 5.41) is 15.3. The van der Waals surface area contributed by atoms with Crippen LogP contribution in [0.4, 0.5) is 14.9 Å². The number of halogens is 2. The van der Waals surface area contributed by atoms with Crippen LogP contribution in [0.2, 0.25) is 0 Å². The predicted molar refractivity (Wildman–Crippen MR) is 137 cm³/mol. The summed E-state index contributed by atoms with van der Waals surface area (Å²) < 4.78 is 16.1. The van der Waals surface area contributed by atoms with Gasteiger partial charge in [0, 0.05) is 21.6 Å². The molecule has 0 aliphatic carbocycles. The second-order valence-corrected chi connectivity index (χ2v) is 9.62. The summed E-state index contributed by atoms with van der Waals surface area (Å²) in [5.41, 5.74) is 3.69. The van der Waals surface area contributed by atoms with Crippen molar-refractivity contribution in [2.24, 2.45) is 0 Å². The third-order valence-corrected chi connectivity index (χ3v) is 6.54. The van der Waals surface area contributed by atoms with Gasteiger partial charge in [-0.2, -0.15) is 0 Å². The Bertz CT molecular complexity index is 1280. The first-order valence-corrected chi connectivity index (χ1v) is 12.4. The second-order valence-electron chi connectivity index (χ2n) is 7.76. The summed E-state index contributed by atoms with van der Waals surface area (Å²) in [6.45, 7) is 3.89. The second kappa shape index (κ2) is 10.8. The van der Waals surface area contributed by atoms with E-state index in [1.807, 2.05) is 66.9 Å². The van der Waals surface area contributed by atoms with Crippen LogP contribution in [0, 0.1) is 12.7 Å². The fraction of sp³-hybridized carbons (Fsp3) is 0.160. The van der Waals surface area contributed by atoms with Gasteiger partial charge in [-0.25, -0.2) is 9.18 Å². The van der Waals surface area contributed by atoms with Gasteiger partial charge in [0.05, 0.1) is 6.04 Å². The lowest BCUT2D eigenvalue weighted by molar-refractivity contribution is 0.249. The highest BCUT2D eigenvalue weighted by Crippen LogP contribution is 2.28. The van der Waals surface area contributed by atoms with Gasteiger partial charge in [-0.05, 0) is 61.9 Å². The number of amides is 2. The van der Waals surface area contributed by atoms with Gasteiger partial charge >= 0.3 is 6.03 Å². The number of carbonyl (C=O) groups excluding carboxylic acids is 1. The van der Waals surface area contributed by atoms with E-state index in [0.717, 1.165) is 21.3 Å². The first kappa shape index (κ1) is 24.0. The van der Waals surface area contributed by atoms with Crippen LogP contribution in [0.25, 0.3) is 5.69 Å². The van der Waals surface area contributed by atoms with E-state index >= 15 is 0 Å². The molecule has 9 heteroatoms. The molecule has 0 fully saturated rings. The van der Waals surface area contributed by atoms with Crippen LogP contribution in [-0.4, -0.2) is 20.8 Å². The summed E-state index contributed by atoms with van der Waals surface area (Å²) in [4.78, 5) is 12.6. The SMILES string of the molecule is Cc1ccc(-n2c(SCc3ccc(F)cc3)nnc2C(C)NC(=O)Nc2cccc(Br)c2)cc1. The minimum atomic E-state index is -0.416. The molecule has 1 unspecified atom stereocenters. The molecule has 0 saturated heterocycles. The number of rotatable bonds is 7. The van der Waals surface area contributed by atoms with Gasteiger partial charge < -0.3 is 10.6 Å². The van der Waals surface area contributed by atoms with Crippen molar-refractivity contribution in [3.05, 3.63) is 100 Å². The maximum atomic E-state index is 13.2. The molecule has 0 spiro atoms. The van der Waals surface area contributed by atoms with Crippen molar-refractivity contribution in [2.45, 2.75) is 30.8 Å². The smallest absolute Gasteiger partial charge is 0.319 e. The molecule has 1 atom stereocenters. The normalized spacial score (nSPS) is 11.8. The van der Waals surface area contributed by atoms with E-state index in [-0.39, 0.29) is 11.8 Å². The van der Waals surface area contributed by atoms with E-state index in [4.69, 9.17) is 0 Å². The molecule has 34 heavy (non-hydrogen) atoms. The van der Waals surface area contributed by atoms with Crippen molar-refractivity contribution in [3.8, 4) is 5.69 Å². The molecule has 6 nitrogen and oxygen atoms in total. The van der Waals surface area contributed by atoms with E-state index < -0.39 is 6.04 Å². The van der Waals surface area contributed by atoms with E-state index in [0.29, 0.717) is 22.4 Å². The Hall–Kier alpha value is -3.17. The highest BCUT2D eigenvalue weighted by Gasteiger charge is 2.21. The lowest BCUT2D eigenvalue weighted by Crippen LogP contribution is -2.32. The van der Waals surface area contributed by atoms with Gasteiger partial charge in [-0.1, -0.05) is 63.6 Å². The van der Waals surface area contributed by atoms with E-state index in [1.165, 1.54) is 23.9 Å². The van der Waals surface area contributed by atoms with Crippen molar-refractivity contribution in [2.75, 3.05) is 5.32 Å².